The second-order valence-corrected chi connectivity index (χ2v) is 8.34. The maximum Gasteiger partial charge on any atom is 0.237 e. The first kappa shape index (κ1) is 22.1. The van der Waals surface area contributed by atoms with Crippen molar-refractivity contribution in [3.05, 3.63) is 96.6 Å². The van der Waals surface area contributed by atoms with Crippen LogP contribution in [0.15, 0.2) is 101 Å². The van der Waals surface area contributed by atoms with E-state index in [1.54, 1.807) is 4.68 Å². The van der Waals surface area contributed by atoms with Crippen LogP contribution in [0.1, 0.15) is 5.56 Å². The maximum atomic E-state index is 12.8. The zero-order valence-electron chi connectivity index (χ0n) is 18.3. The summed E-state index contributed by atoms with van der Waals surface area (Å²) < 4.78 is 7.63. The van der Waals surface area contributed by atoms with E-state index in [-0.39, 0.29) is 23.1 Å². The second-order valence-electron chi connectivity index (χ2n) is 7.40. The fraction of sp³-hybridized carbons (Fsp3) is 0.0385. The number of thioether (sulfide) groups is 1. The van der Waals surface area contributed by atoms with E-state index < -0.39 is 0 Å². The van der Waals surface area contributed by atoms with Gasteiger partial charge in [0.15, 0.2) is 0 Å². The summed E-state index contributed by atoms with van der Waals surface area (Å²) in [6.07, 6.45) is 0. The number of nitriles is 1. The van der Waals surface area contributed by atoms with E-state index >= 15 is 0 Å². The van der Waals surface area contributed by atoms with E-state index in [1.807, 2.05) is 91.0 Å². The molecule has 1 N–H and O–H groups in total. The van der Waals surface area contributed by atoms with Gasteiger partial charge in [-0.15, -0.1) is 5.10 Å². The van der Waals surface area contributed by atoms with Crippen LogP contribution in [0, 0.1) is 11.3 Å². The van der Waals surface area contributed by atoms with Crippen molar-refractivity contribution in [3.63, 3.8) is 0 Å². The molecule has 5 aromatic rings. The Balaban J connectivity index is 1.41. The molecule has 0 atom stereocenters. The molecule has 0 aliphatic rings. The average Bonchev–Trinajstić information content (AvgIpc) is 3.53. The number of nitrogens with one attached hydrogen (secondary N) is 1. The highest BCUT2D eigenvalue weighted by molar-refractivity contribution is 7.99. The van der Waals surface area contributed by atoms with Crippen molar-refractivity contribution in [2.45, 2.75) is 5.16 Å². The van der Waals surface area contributed by atoms with Gasteiger partial charge in [-0.25, -0.2) is 0 Å². The first-order valence-electron chi connectivity index (χ1n) is 10.7. The highest BCUT2D eigenvalue weighted by Crippen LogP contribution is 2.41. The Hall–Kier alpha value is -4.68. The van der Waals surface area contributed by atoms with Crippen LogP contribution in [0.2, 0.25) is 0 Å². The Labute approximate surface area is 205 Å². The molecule has 0 bridgehead atoms. The molecule has 0 saturated heterocycles. The molecule has 0 radical (unpaired) electrons. The molecule has 9 heteroatoms. The summed E-state index contributed by atoms with van der Waals surface area (Å²) >= 11 is 1.18. The van der Waals surface area contributed by atoms with E-state index in [0.29, 0.717) is 16.5 Å². The molecule has 35 heavy (non-hydrogen) atoms. The molecule has 0 aliphatic carbocycles. The Bertz CT molecular complexity index is 1490. The number of rotatable bonds is 7. The number of furan rings is 1. The number of amides is 1. The summed E-state index contributed by atoms with van der Waals surface area (Å²) in [5.74, 6) is 0.310. The standard InChI is InChI=1S/C26H18N6O2S/c27-16-21-23(18-10-4-1-5-11-18)24(19-12-6-2-7-13-19)34-25(21)28-22(33)17-35-26-29-30-31-32(26)20-14-8-3-9-15-20/h1-15H,17H2,(H,28,33). The number of aromatic nitrogens is 4. The van der Waals surface area contributed by atoms with Crippen molar-refractivity contribution in [2.24, 2.45) is 0 Å². The fourth-order valence-corrected chi connectivity index (χ4v) is 4.28. The third kappa shape index (κ3) is 4.69. The molecule has 2 heterocycles. The minimum absolute atomic E-state index is 0.0279. The zero-order chi connectivity index (χ0) is 24.0. The molecule has 0 unspecified atom stereocenters. The molecule has 0 aliphatic heterocycles. The van der Waals surface area contributed by atoms with Gasteiger partial charge in [0.25, 0.3) is 0 Å². The van der Waals surface area contributed by atoms with Crippen LogP contribution >= 0.6 is 11.8 Å². The molecule has 3 aromatic carbocycles. The normalized spacial score (nSPS) is 10.6. The first-order chi connectivity index (χ1) is 17.2. The number of carbonyl (C=O) groups excluding carboxylic acids is 1. The van der Waals surface area contributed by atoms with E-state index in [0.717, 1.165) is 16.8 Å². The highest BCUT2D eigenvalue weighted by Gasteiger charge is 2.24. The Kier molecular flexibility index (Phi) is 6.37. The maximum absolute atomic E-state index is 12.8. The third-order valence-electron chi connectivity index (χ3n) is 5.15. The quantitative estimate of drug-likeness (QED) is 0.321. The Morgan fingerprint density at radius 3 is 2.23 bits per heavy atom. The topological polar surface area (TPSA) is 110 Å². The minimum atomic E-state index is -0.345. The van der Waals surface area contributed by atoms with Crippen LogP contribution in [-0.2, 0) is 4.79 Å². The van der Waals surface area contributed by atoms with Crippen molar-refractivity contribution in [3.8, 4) is 34.2 Å². The summed E-state index contributed by atoms with van der Waals surface area (Å²) in [7, 11) is 0. The van der Waals surface area contributed by atoms with E-state index in [9.17, 15) is 10.1 Å². The van der Waals surface area contributed by atoms with Gasteiger partial charge in [0.2, 0.25) is 16.9 Å². The minimum Gasteiger partial charge on any atom is -0.438 e. The van der Waals surface area contributed by atoms with Crippen molar-refractivity contribution in [1.82, 2.24) is 20.2 Å². The van der Waals surface area contributed by atoms with Crippen molar-refractivity contribution in [2.75, 3.05) is 11.1 Å². The lowest BCUT2D eigenvalue weighted by molar-refractivity contribution is -0.113. The summed E-state index contributed by atoms with van der Waals surface area (Å²) in [6.45, 7) is 0. The zero-order valence-corrected chi connectivity index (χ0v) is 19.1. The lowest BCUT2D eigenvalue weighted by atomic mass is 9.98. The molecule has 0 fully saturated rings. The molecule has 0 spiro atoms. The van der Waals surface area contributed by atoms with Crippen LogP contribution in [0.25, 0.3) is 28.1 Å². The highest BCUT2D eigenvalue weighted by atomic mass is 32.2. The van der Waals surface area contributed by atoms with E-state index in [4.69, 9.17) is 4.42 Å². The molecule has 0 saturated carbocycles. The molecule has 2 aromatic heterocycles. The summed E-state index contributed by atoms with van der Waals surface area (Å²) in [4.78, 5) is 12.8. The van der Waals surface area contributed by atoms with Crippen LogP contribution in [0.5, 0.6) is 0 Å². The number of benzene rings is 3. The number of para-hydroxylation sites is 1. The molecular formula is C26H18N6O2S. The van der Waals surface area contributed by atoms with Crippen molar-refractivity contribution >= 4 is 23.6 Å². The van der Waals surface area contributed by atoms with Crippen molar-refractivity contribution in [1.29, 1.82) is 5.26 Å². The number of anilines is 1. The molecule has 170 valence electrons. The van der Waals surface area contributed by atoms with Crippen LogP contribution in [-0.4, -0.2) is 31.9 Å². The van der Waals surface area contributed by atoms with Crippen LogP contribution in [0.3, 0.4) is 0 Å². The van der Waals surface area contributed by atoms with Gasteiger partial charge < -0.3 is 4.42 Å². The van der Waals surface area contributed by atoms with Gasteiger partial charge in [0.1, 0.15) is 17.4 Å². The smallest absolute Gasteiger partial charge is 0.237 e. The van der Waals surface area contributed by atoms with Gasteiger partial charge in [0, 0.05) is 11.1 Å². The lowest BCUT2D eigenvalue weighted by Crippen LogP contribution is -2.15. The van der Waals surface area contributed by atoms with E-state index in [2.05, 4.69) is 26.9 Å². The lowest BCUT2D eigenvalue weighted by Gasteiger charge is -2.04. The number of hydrogen-bond donors (Lipinski definition) is 1. The van der Waals surface area contributed by atoms with Crippen LogP contribution in [0.4, 0.5) is 5.88 Å². The van der Waals surface area contributed by atoms with Crippen LogP contribution < -0.4 is 5.32 Å². The fourth-order valence-electron chi connectivity index (χ4n) is 3.59. The molecular weight excluding hydrogens is 460 g/mol. The average molecular weight is 479 g/mol. The Morgan fingerprint density at radius 2 is 1.57 bits per heavy atom. The largest absolute Gasteiger partial charge is 0.438 e. The van der Waals surface area contributed by atoms with Gasteiger partial charge in [-0.3, -0.25) is 10.1 Å². The van der Waals surface area contributed by atoms with Gasteiger partial charge in [0.05, 0.1) is 11.4 Å². The summed E-state index contributed by atoms with van der Waals surface area (Å²) in [5.41, 5.74) is 3.32. The molecule has 1 amide bonds. The second kappa shape index (κ2) is 10.1. The number of nitrogens with zero attached hydrogens (tertiary/aromatic N) is 5. The van der Waals surface area contributed by atoms with Gasteiger partial charge in [-0.2, -0.15) is 9.94 Å². The number of tetrazole rings is 1. The van der Waals surface area contributed by atoms with Crippen molar-refractivity contribution < 1.29 is 9.21 Å². The Morgan fingerprint density at radius 1 is 0.943 bits per heavy atom. The molecule has 5 rings (SSSR count). The van der Waals surface area contributed by atoms with Gasteiger partial charge in [-0.1, -0.05) is 90.6 Å². The predicted octanol–water partition coefficient (Wildman–Crippen LogP) is 5.19. The third-order valence-corrected chi connectivity index (χ3v) is 6.06. The SMILES string of the molecule is N#Cc1c(NC(=O)CSc2nnnn2-c2ccccc2)oc(-c2ccccc2)c1-c1ccccc1. The number of carbonyl (C=O) groups is 1. The monoisotopic (exact) mass is 478 g/mol. The number of hydrogen-bond acceptors (Lipinski definition) is 7. The summed E-state index contributed by atoms with van der Waals surface area (Å²) in [6, 6.07) is 30.6. The molecule has 8 nitrogen and oxygen atoms in total. The van der Waals surface area contributed by atoms with E-state index in [1.165, 1.54) is 11.8 Å². The van der Waals surface area contributed by atoms with Gasteiger partial charge >= 0.3 is 0 Å². The summed E-state index contributed by atoms with van der Waals surface area (Å²) in [5, 5.41) is 24.9. The predicted molar refractivity (Wildman–Crippen MR) is 133 cm³/mol. The first-order valence-corrected chi connectivity index (χ1v) is 11.7. The van der Waals surface area contributed by atoms with Gasteiger partial charge in [-0.05, 0) is 28.1 Å².